The lowest BCUT2D eigenvalue weighted by Gasteiger charge is -2.07. The maximum atomic E-state index is 11.8. The third-order valence-electron chi connectivity index (χ3n) is 2.61. The first-order valence-corrected chi connectivity index (χ1v) is 6.40. The normalized spacial score (nSPS) is 10.1. The lowest BCUT2D eigenvalue weighted by Crippen LogP contribution is -2.08. The van der Waals surface area contributed by atoms with Gasteiger partial charge in [-0.1, -0.05) is 18.2 Å². The van der Waals surface area contributed by atoms with E-state index in [-0.39, 0.29) is 12.6 Å². The molecule has 1 N–H and O–H groups in total. The summed E-state index contributed by atoms with van der Waals surface area (Å²) in [4.78, 5) is 11.8. The summed E-state index contributed by atoms with van der Waals surface area (Å²) in [7, 11) is 0. The zero-order chi connectivity index (χ0) is 14.2. The van der Waals surface area contributed by atoms with E-state index in [9.17, 15) is 4.79 Å². The molecule has 0 aliphatic rings. The standard InChI is InChI=1S/C16H16O4/c17-11-4-12-19-14-7-9-15(10-8-14)20-16(18)13-5-2-1-3-6-13/h1-3,5-10,17H,4,11-12H2. The van der Waals surface area contributed by atoms with Crippen molar-refractivity contribution in [3.63, 3.8) is 0 Å². The van der Waals surface area contributed by atoms with Crippen LogP contribution in [0, 0.1) is 0 Å². The van der Waals surface area contributed by atoms with E-state index >= 15 is 0 Å². The Labute approximate surface area is 117 Å². The molecule has 0 atom stereocenters. The summed E-state index contributed by atoms with van der Waals surface area (Å²) in [5.74, 6) is 0.755. The summed E-state index contributed by atoms with van der Waals surface area (Å²) >= 11 is 0. The predicted molar refractivity (Wildman–Crippen MR) is 75.0 cm³/mol. The molecule has 2 rings (SSSR count). The van der Waals surface area contributed by atoms with Gasteiger partial charge in [-0.05, 0) is 36.4 Å². The van der Waals surface area contributed by atoms with Crippen molar-refractivity contribution in [2.45, 2.75) is 6.42 Å². The van der Waals surface area contributed by atoms with Crippen LogP contribution in [0.15, 0.2) is 54.6 Å². The van der Waals surface area contributed by atoms with Crippen LogP contribution in [0.5, 0.6) is 11.5 Å². The molecule has 0 heterocycles. The van der Waals surface area contributed by atoms with Crippen LogP contribution >= 0.6 is 0 Å². The van der Waals surface area contributed by atoms with Crippen molar-refractivity contribution < 1.29 is 19.4 Å². The maximum absolute atomic E-state index is 11.8. The number of benzene rings is 2. The molecule has 2 aromatic carbocycles. The molecule has 0 aliphatic heterocycles. The van der Waals surface area contributed by atoms with Gasteiger partial charge in [-0.2, -0.15) is 0 Å². The Bertz CT molecular complexity index is 534. The number of carbonyl (C=O) groups excluding carboxylic acids is 1. The van der Waals surface area contributed by atoms with Gasteiger partial charge in [-0.25, -0.2) is 4.79 Å². The fraction of sp³-hybridized carbons (Fsp3) is 0.188. The molecule has 20 heavy (non-hydrogen) atoms. The molecule has 0 bridgehead atoms. The van der Waals surface area contributed by atoms with Crippen molar-refractivity contribution in [2.24, 2.45) is 0 Å². The van der Waals surface area contributed by atoms with Crippen LogP contribution in [0.25, 0.3) is 0 Å². The highest BCUT2D eigenvalue weighted by Crippen LogP contribution is 2.18. The summed E-state index contributed by atoms with van der Waals surface area (Å²) < 4.78 is 10.6. The maximum Gasteiger partial charge on any atom is 0.343 e. The van der Waals surface area contributed by atoms with Gasteiger partial charge in [0.15, 0.2) is 0 Å². The van der Waals surface area contributed by atoms with Crippen LogP contribution in [0.4, 0.5) is 0 Å². The molecular weight excluding hydrogens is 256 g/mol. The first-order valence-electron chi connectivity index (χ1n) is 6.40. The Kier molecular flexibility index (Phi) is 5.15. The minimum Gasteiger partial charge on any atom is -0.494 e. The number of rotatable bonds is 6. The second-order valence-electron chi connectivity index (χ2n) is 4.15. The molecule has 4 heteroatoms. The van der Waals surface area contributed by atoms with E-state index in [2.05, 4.69) is 0 Å². The van der Waals surface area contributed by atoms with Gasteiger partial charge in [0, 0.05) is 13.0 Å². The molecule has 104 valence electrons. The molecular formula is C16H16O4. The van der Waals surface area contributed by atoms with E-state index in [0.717, 1.165) is 0 Å². The van der Waals surface area contributed by atoms with Gasteiger partial charge in [0.2, 0.25) is 0 Å². The molecule has 0 aromatic heterocycles. The number of aliphatic hydroxyl groups is 1. The summed E-state index contributed by atoms with van der Waals surface area (Å²) in [6.07, 6.45) is 0.588. The summed E-state index contributed by atoms with van der Waals surface area (Å²) in [5, 5.41) is 8.66. The zero-order valence-corrected chi connectivity index (χ0v) is 11.0. The summed E-state index contributed by atoms with van der Waals surface area (Å²) in [6.45, 7) is 0.562. The van der Waals surface area contributed by atoms with Crippen LogP contribution in [-0.4, -0.2) is 24.3 Å². The molecule has 4 nitrogen and oxygen atoms in total. The number of carbonyl (C=O) groups is 1. The second kappa shape index (κ2) is 7.31. The largest absolute Gasteiger partial charge is 0.494 e. The van der Waals surface area contributed by atoms with Gasteiger partial charge in [0.25, 0.3) is 0 Å². The predicted octanol–water partition coefficient (Wildman–Crippen LogP) is 2.67. The Morgan fingerprint density at radius 3 is 2.25 bits per heavy atom. The topological polar surface area (TPSA) is 55.8 Å². The number of hydrogen-bond acceptors (Lipinski definition) is 4. The fourth-order valence-corrected chi connectivity index (χ4v) is 1.60. The lowest BCUT2D eigenvalue weighted by atomic mass is 10.2. The van der Waals surface area contributed by atoms with Gasteiger partial charge < -0.3 is 14.6 Å². The van der Waals surface area contributed by atoms with E-state index < -0.39 is 0 Å². The smallest absolute Gasteiger partial charge is 0.343 e. The Morgan fingerprint density at radius 1 is 0.950 bits per heavy atom. The van der Waals surface area contributed by atoms with Crippen LogP contribution in [-0.2, 0) is 0 Å². The Hall–Kier alpha value is -2.33. The third kappa shape index (κ3) is 4.10. The Balaban J connectivity index is 1.92. The molecule has 0 unspecified atom stereocenters. The molecule has 0 spiro atoms. The van der Waals surface area contributed by atoms with Crippen molar-refractivity contribution in [1.82, 2.24) is 0 Å². The van der Waals surface area contributed by atoms with E-state index in [1.165, 1.54) is 0 Å². The molecule has 0 saturated heterocycles. The Morgan fingerprint density at radius 2 is 1.60 bits per heavy atom. The van der Waals surface area contributed by atoms with Gasteiger partial charge in [-0.3, -0.25) is 0 Å². The molecule has 2 aromatic rings. The van der Waals surface area contributed by atoms with Gasteiger partial charge in [0.05, 0.1) is 12.2 Å². The molecule has 0 fully saturated rings. The highest BCUT2D eigenvalue weighted by molar-refractivity contribution is 5.90. The SMILES string of the molecule is O=C(Oc1ccc(OCCCO)cc1)c1ccccc1. The van der Waals surface area contributed by atoms with Crippen LogP contribution in [0.3, 0.4) is 0 Å². The molecule has 0 saturated carbocycles. The number of hydrogen-bond donors (Lipinski definition) is 1. The monoisotopic (exact) mass is 272 g/mol. The average Bonchev–Trinajstić information content (AvgIpc) is 2.50. The van der Waals surface area contributed by atoms with Crippen molar-refractivity contribution in [2.75, 3.05) is 13.2 Å². The first-order chi connectivity index (χ1) is 9.79. The van der Waals surface area contributed by atoms with Crippen LogP contribution < -0.4 is 9.47 Å². The van der Waals surface area contributed by atoms with Gasteiger partial charge in [-0.15, -0.1) is 0 Å². The fourth-order valence-electron chi connectivity index (χ4n) is 1.60. The third-order valence-corrected chi connectivity index (χ3v) is 2.61. The molecule has 0 amide bonds. The zero-order valence-electron chi connectivity index (χ0n) is 11.0. The minimum atomic E-state index is -0.389. The van der Waals surface area contributed by atoms with E-state index in [1.54, 1.807) is 48.5 Å². The molecule has 0 radical (unpaired) electrons. The number of aliphatic hydroxyl groups excluding tert-OH is 1. The van der Waals surface area contributed by atoms with Gasteiger partial charge >= 0.3 is 5.97 Å². The van der Waals surface area contributed by atoms with Crippen molar-refractivity contribution in [1.29, 1.82) is 0 Å². The quantitative estimate of drug-likeness (QED) is 0.499. The second-order valence-corrected chi connectivity index (χ2v) is 4.15. The highest BCUT2D eigenvalue weighted by atomic mass is 16.5. The number of ether oxygens (including phenoxy) is 2. The van der Waals surface area contributed by atoms with Gasteiger partial charge in [0.1, 0.15) is 11.5 Å². The lowest BCUT2D eigenvalue weighted by molar-refractivity contribution is 0.0734. The van der Waals surface area contributed by atoms with E-state index in [1.807, 2.05) is 6.07 Å². The van der Waals surface area contributed by atoms with Crippen LogP contribution in [0.2, 0.25) is 0 Å². The molecule has 0 aliphatic carbocycles. The minimum absolute atomic E-state index is 0.104. The first kappa shape index (κ1) is 14.1. The van der Waals surface area contributed by atoms with Crippen molar-refractivity contribution in [3.8, 4) is 11.5 Å². The van der Waals surface area contributed by atoms with Crippen molar-refractivity contribution in [3.05, 3.63) is 60.2 Å². The average molecular weight is 272 g/mol. The van der Waals surface area contributed by atoms with Crippen molar-refractivity contribution >= 4 is 5.97 Å². The van der Waals surface area contributed by atoms with E-state index in [4.69, 9.17) is 14.6 Å². The highest BCUT2D eigenvalue weighted by Gasteiger charge is 2.07. The van der Waals surface area contributed by atoms with Crippen LogP contribution in [0.1, 0.15) is 16.8 Å². The summed E-state index contributed by atoms with van der Waals surface area (Å²) in [5.41, 5.74) is 0.510. The summed E-state index contributed by atoms with van der Waals surface area (Å²) in [6, 6.07) is 15.6. The van der Waals surface area contributed by atoms with E-state index in [0.29, 0.717) is 30.1 Å². The number of esters is 1.